The minimum Gasteiger partial charge on any atom is -0.384 e. The van der Waals surface area contributed by atoms with Gasteiger partial charge in [0, 0.05) is 29.9 Å². The Morgan fingerprint density at radius 3 is 3.00 bits per heavy atom. The van der Waals surface area contributed by atoms with E-state index in [2.05, 4.69) is 17.9 Å². The first-order valence-electron chi connectivity index (χ1n) is 12.3. The Kier molecular flexibility index (Phi) is 6.45. The van der Waals surface area contributed by atoms with Gasteiger partial charge in [-0.2, -0.15) is 12.6 Å². The van der Waals surface area contributed by atoms with Gasteiger partial charge >= 0.3 is 0 Å². The molecule has 4 nitrogen and oxygen atoms in total. The number of hydrogen-bond donors (Lipinski definition) is 3. The number of rotatable bonds is 6. The summed E-state index contributed by atoms with van der Waals surface area (Å²) >= 11 is 11.3. The molecule has 182 valence electrons. The molecular weight excluding hydrogens is 467 g/mol. The average molecular weight is 501 g/mol. The molecule has 2 saturated carbocycles. The Morgan fingerprint density at radius 1 is 1.38 bits per heavy atom. The van der Waals surface area contributed by atoms with Gasteiger partial charge in [-0.05, 0) is 86.1 Å². The van der Waals surface area contributed by atoms with Crippen LogP contribution in [0.25, 0.3) is 0 Å². The molecule has 4 aliphatic rings. The minimum absolute atomic E-state index is 0.00819. The van der Waals surface area contributed by atoms with Gasteiger partial charge in [-0.1, -0.05) is 30.2 Å². The van der Waals surface area contributed by atoms with Crippen molar-refractivity contribution in [2.24, 2.45) is 28.0 Å². The molecule has 0 amide bonds. The third-order valence-corrected chi connectivity index (χ3v) is 9.25. The largest absolute Gasteiger partial charge is 0.384 e. The normalized spacial score (nSPS) is 35.7. The van der Waals surface area contributed by atoms with Crippen LogP contribution in [0.2, 0.25) is 5.02 Å². The molecule has 3 fully saturated rings. The first-order chi connectivity index (χ1) is 16.1. The van der Waals surface area contributed by atoms with E-state index < -0.39 is 5.82 Å². The molecule has 1 aromatic rings. The lowest BCUT2D eigenvalue weighted by Crippen LogP contribution is -2.39. The number of nitrogens with two attached hydrogens (primary N) is 1. The van der Waals surface area contributed by atoms with E-state index in [0.29, 0.717) is 27.8 Å². The lowest BCUT2D eigenvalue weighted by atomic mass is 9.71. The van der Waals surface area contributed by atoms with Gasteiger partial charge in [0.05, 0.1) is 16.8 Å². The predicted octanol–water partition coefficient (Wildman–Crippen LogP) is 5.66. The highest BCUT2D eigenvalue weighted by Gasteiger charge is 2.52. The Labute approximate surface area is 212 Å². The summed E-state index contributed by atoms with van der Waals surface area (Å²) < 4.78 is 13.5. The number of allylic oxidation sites excluding steroid dienone is 3. The van der Waals surface area contributed by atoms with Gasteiger partial charge in [-0.15, -0.1) is 0 Å². The van der Waals surface area contributed by atoms with Crippen LogP contribution in [0, 0.1) is 28.5 Å². The van der Waals surface area contributed by atoms with Crippen LogP contribution in [0.3, 0.4) is 0 Å². The monoisotopic (exact) mass is 500 g/mol. The highest BCUT2D eigenvalue weighted by Crippen LogP contribution is 2.53. The maximum absolute atomic E-state index is 13.5. The van der Waals surface area contributed by atoms with Crippen molar-refractivity contribution in [1.29, 1.82) is 5.41 Å². The van der Waals surface area contributed by atoms with Crippen LogP contribution in [0.1, 0.15) is 51.0 Å². The van der Waals surface area contributed by atoms with Crippen LogP contribution in [0.4, 0.5) is 4.39 Å². The van der Waals surface area contributed by atoms with Crippen molar-refractivity contribution in [1.82, 2.24) is 4.90 Å². The zero-order chi connectivity index (χ0) is 24.1. The lowest BCUT2D eigenvalue weighted by Gasteiger charge is -2.39. The second kappa shape index (κ2) is 9.11. The van der Waals surface area contributed by atoms with E-state index in [1.165, 1.54) is 56.5 Å². The summed E-state index contributed by atoms with van der Waals surface area (Å²) in [4.78, 5) is 7.39. The van der Waals surface area contributed by atoms with E-state index >= 15 is 0 Å². The summed E-state index contributed by atoms with van der Waals surface area (Å²) in [5, 5.41) is 8.52. The Morgan fingerprint density at radius 2 is 2.21 bits per heavy atom. The summed E-state index contributed by atoms with van der Waals surface area (Å²) in [6, 6.07) is 4.14. The maximum atomic E-state index is 13.5. The number of fused-ring (bicyclic) bond motifs is 3. The van der Waals surface area contributed by atoms with Crippen molar-refractivity contribution in [3.63, 3.8) is 0 Å². The van der Waals surface area contributed by atoms with Crippen molar-refractivity contribution < 1.29 is 4.39 Å². The fourth-order valence-corrected chi connectivity index (χ4v) is 7.88. The van der Waals surface area contributed by atoms with E-state index in [4.69, 9.17) is 40.4 Å². The summed E-state index contributed by atoms with van der Waals surface area (Å²) in [6.07, 6.45) is 12.8. The second-order valence-corrected chi connectivity index (χ2v) is 12.5. The van der Waals surface area contributed by atoms with E-state index in [9.17, 15) is 4.39 Å². The van der Waals surface area contributed by atoms with Crippen LogP contribution in [-0.4, -0.2) is 46.9 Å². The molecule has 34 heavy (non-hydrogen) atoms. The SMILES string of the molecule is CC1CC2=CCC(CN3C[C@@H]4C[C@@H](N=C(N)/C=C\C(=N)c5cc(F)ccc5Cl)C[C@]4(S)C3)(C2)C1. The molecule has 3 aliphatic carbocycles. The summed E-state index contributed by atoms with van der Waals surface area (Å²) in [5.41, 5.74) is 8.75. The molecule has 1 aromatic carbocycles. The first-order valence-corrected chi connectivity index (χ1v) is 13.1. The summed E-state index contributed by atoms with van der Waals surface area (Å²) in [5.74, 6) is 1.29. The minimum atomic E-state index is -0.424. The standard InChI is InChI=1S/C27H34ClFN4S/c1-17-8-18-6-7-26(11-17,12-18)15-33-14-19-9-21(13-27(19,34)16-33)32-25(31)5-4-24(30)22-10-20(29)2-3-23(22)28/h2-6,10,17,19,21,30,34H,7-9,11-16H2,1H3,(H2,31,32)/b5-4-,30-24?/t17?,19-,21+,26?,27-/m0/s1. The number of amidine groups is 1. The van der Waals surface area contributed by atoms with Crippen molar-refractivity contribution >= 4 is 35.8 Å². The van der Waals surface area contributed by atoms with Crippen molar-refractivity contribution in [2.45, 2.75) is 56.2 Å². The molecular formula is C27H34ClFN4S. The fraction of sp³-hybridized carbons (Fsp3) is 0.556. The Bertz CT molecular complexity index is 1080. The topological polar surface area (TPSA) is 65.5 Å². The molecule has 5 atom stereocenters. The van der Waals surface area contributed by atoms with Gasteiger partial charge in [0.1, 0.15) is 11.7 Å². The van der Waals surface area contributed by atoms with Crippen LogP contribution in [0.15, 0.2) is 47.0 Å². The van der Waals surface area contributed by atoms with Crippen molar-refractivity contribution in [3.8, 4) is 0 Å². The molecule has 2 unspecified atom stereocenters. The number of thiol groups is 1. The smallest absolute Gasteiger partial charge is 0.123 e. The second-order valence-electron chi connectivity index (χ2n) is 11.2. The number of hydrogen-bond acceptors (Lipinski definition) is 4. The third kappa shape index (κ3) is 4.87. The van der Waals surface area contributed by atoms with Crippen LogP contribution < -0.4 is 5.73 Å². The quantitative estimate of drug-likeness (QED) is 0.204. The summed E-state index contributed by atoms with van der Waals surface area (Å²) in [7, 11) is 0. The maximum Gasteiger partial charge on any atom is 0.123 e. The molecule has 5 rings (SSSR count). The Balaban J connectivity index is 1.17. The van der Waals surface area contributed by atoms with E-state index in [0.717, 1.165) is 31.8 Å². The van der Waals surface area contributed by atoms with Crippen molar-refractivity contribution in [3.05, 3.63) is 58.4 Å². The van der Waals surface area contributed by atoms with E-state index in [1.807, 2.05) is 0 Å². The molecule has 1 aliphatic heterocycles. The van der Waals surface area contributed by atoms with Gasteiger partial charge in [-0.3, -0.25) is 4.99 Å². The highest BCUT2D eigenvalue weighted by atomic mass is 35.5. The number of aliphatic imine (C=N–C) groups is 1. The zero-order valence-corrected chi connectivity index (χ0v) is 21.4. The number of benzene rings is 1. The van der Waals surface area contributed by atoms with Crippen LogP contribution in [0.5, 0.6) is 0 Å². The molecule has 0 radical (unpaired) electrons. The van der Waals surface area contributed by atoms with Gasteiger partial charge in [0.2, 0.25) is 0 Å². The highest BCUT2D eigenvalue weighted by molar-refractivity contribution is 7.81. The zero-order valence-electron chi connectivity index (χ0n) is 19.7. The van der Waals surface area contributed by atoms with Gasteiger partial charge in [0.25, 0.3) is 0 Å². The number of likely N-dealkylation sites (tertiary alicyclic amines) is 1. The predicted molar refractivity (Wildman–Crippen MR) is 142 cm³/mol. The van der Waals surface area contributed by atoms with Gasteiger partial charge in [-0.25, -0.2) is 4.39 Å². The molecule has 2 bridgehead atoms. The molecule has 1 heterocycles. The van der Waals surface area contributed by atoms with Crippen LogP contribution >= 0.6 is 24.2 Å². The molecule has 1 saturated heterocycles. The summed E-state index contributed by atoms with van der Waals surface area (Å²) in [6.45, 7) is 5.72. The number of halogens is 2. The average Bonchev–Trinajstić information content (AvgIpc) is 3.33. The first kappa shape index (κ1) is 24.1. The third-order valence-electron chi connectivity index (χ3n) is 8.23. The molecule has 0 spiro atoms. The Hall–Kier alpha value is -1.63. The van der Waals surface area contributed by atoms with Crippen LogP contribution in [-0.2, 0) is 0 Å². The van der Waals surface area contributed by atoms with E-state index in [1.54, 1.807) is 11.6 Å². The van der Waals surface area contributed by atoms with Gasteiger partial charge < -0.3 is 16.0 Å². The fourth-order valence-electron chi connectivity index (χ4n) is 7.06. The van der Waals surface area contributed by atoms with Crippen molar-refractivity contribution in [2.75, 3.05) is 19.6 Å². The molecule has 7 heteroatoms. The van der Waals surface area contributed by atoms with E-state index in [-0.39, 0.29) is 16.5 Å². The van der Waals surface area contributed by atoms with Gasteiger partial charge in [0.15, 0.2) is 0 Å². The lowest BCUT2D eigenvalue weighted by molar-refractivity contribution is 0.128. The number of nitrogens with one attached hydrogen (secondary N) is 1. The molecule has 0 aromatic heterocycles. The molecule has 3 N–H and O–H groups in total. The number of nitrogens with zero attached hydrogens (tertiary/aromatic N) is 2.